The number of halogens is 3. The van der Waals surface area contributed by atoms with E-state index in [1.807, 2.05) is 13.0 Å². The quantitative estimate of drug-likeness (QED) is 0.592. The Kier molecular flexibility index (Phi) is 4.02. The van der Waals surface area contributed by atoms with Gasteiger partial charge in [0.25, 0.3) is 0 Å². The zero-order valence-corrected chi connectivity index (χ0v) is 14.0. The van der Waals surface area contributed by atoms with Crippen LogP contribution in [0.1, 0.15) is 11.3 Å². The lowest BCUT2D eigenvalue weighted by atomic mass is 10.2. The highest BCUT2D eigenvalue weighted by Gasteiger charge is 2.30. The maximum absolute atomic E-state index is 12.2. The first-order valence-corrected chi connectivity index (χ1v) is 7.94. The van der Waals surface area contributed by atoms with Crippen LogP contribution >= 0.6 is 0 Å². The molecule has 3 aromatic heterocycles. The molecule has 0 amide bonds. The molecule has 1 N–H and O–H groups in total. The van der Waals surface area contributed by atoms with Gasteiger partial charge in [-0.15, -0.1) is 18.3 Å². The predicted octanol–water partition coefficient (Wildman–Crippen LogP) is 3.47. The zero-order valence-electron chi connectivity index (χ0n) is 14.0. The van der Waals surface area contributed by atoms with E-state index >= 15 is 0 Å². The predicted molar refractivity (Wildman–Crippen MR) is 89.9 cm³/mol. The molecular formula is C17H13F3N6O. The Morgan fingerprint density at radius 2 is 1.85 bits per heavy atom. The average molecular weight is 374 g/mol. The van der Waals surface area contributed by atoms with Crippen molar-refractivity contribution < 1.29 is 17.9 Å². The van der Waals surface area contributed by atoms with Gasteiger partial charge < -0.3 is 9.72 Å². The molecule has 7 nitrogen and oxygen atoms in total. The van der Waals surface area contributed by atoms with Crippen molar-refractivity contribution in [1.29, 1.82) is 0 Å². The van der Waals surface area contributed by atoms with Crippen LogP contribution in [0.3, 0.4) is 0 Å². The molecule has 0 aliphatic carbocycles. The van der Waals surface area contributed by atoms with E-state index in [0.29, 0.717) is 23.6 Å². The Hall–Kier alpha value is -3.43. The normalized spacial score (nSPS) is 11.9. The third-order valence-corrected chi connectivity index (χ3v) is 4.05. The van der Waals surface area contributed by atoms with Gasteiger partial charge in [0.15, 0.2) is 0 Å². The van der Waals surface area contributed by atoms with Crippen LogP contribution in [0.2, 0.25) is 0 Å². The lowest BCUT2D eigenvalue weighted by Crippen LogP contribution is -2.17. The molecule has 0 aliphatic rings. The summed E-state index contributed by atoms with van der Waals surface area (Å²) in [4.78, 5) is 11.5. The van der Waals surface area contributed by atoms with Gasteiger partial charge in [-0.05, 0) is 30.7 Å². The molecule has 0 saturated carbocycles. The fourth-order valence-corrected chi connectivity index (χ4v) is 2.76. The average Bonchev–Trinajstić information content (AvgIpc) is 3.23. The number of nitrogens with zero attached hydrogens (tertiary/aromatic N) is 5. The number of H-pyrrole nitrogens is 1. The molecule has 0 unspecified atom stereocenters. The zero-order chi connectivity index (χ0) is 19.0. The van der Waals surface area contributed by atoms with Crippen LogP contribution in [0.25, 0.3) is 22.4 Å². The Morgan fingerprint density at radius 3 is 2.59 bits per heavy atom. The molecule has 0 fully saturated rings. The number of rotatable bonds is 4. The lowest BCUT2D eigenvalue weighted by molar-refractivity contribution is -0.274. The van der Waals surface area contributed by atoms with Gasteiger partial charge >= 0.3 is 6.36 Å². The standard InChI is InChI=1S/C17H13F3N6O/c1-10-14(15-13-6-7-21-16(13)23-9-22-15)24-25-26(10)8-11-2-4-12(5-3-11)27-17(18,19)20/h2-7,9H,8H2,1H3,(H,21,22,23). The van der Waals surface area contributed by atoms with E-state index in [4.69, 9.17) is 0 Å². The highest BCUT2D eigenvalue weighted by Crippen LogP contribution is 2.26. The van der Waals surface area contributed by atoms with Gasteiger partial charge in [-0.3, -0.25) is 0 Å². The summed E-state index contributed by atoms with van der Waals surface area (Å²) in [5.41, 5.74) is 3.54. The van der Waals surface area contributed by atoms with E-state index in [0.717, 1.165) is 16.6 Å². The smallest absolute Gasteiger partial charge is 0.406 e. The topological polar surface area (TPSA) is 81.5 Å². The summed E-state index contributed by atoms with van der Waals surface area (Å²) in [6.45, 7) is 2.21. The van der Waals surface area contributed by atoms with Crippen LogP contribution in [0.4, 0.5) is 13.2 Å². The second kappa shape index (κ2) is 6.38. The molecule has 0 atom stereocenters. The summed E-state index contributed by atoms with van der Waals surface area (Å²) in [7, 11) is 0. The number of nitrogens with one attached hydrogen (secondary N) is 1. The number of hydrogen-bond donors (Lipinski definition) is 1. The van der Waals surface area contributed by atoms with Crippen molar-refractivity contribution in [1.82, 2.24) is 29.9 Å². The van der Waals surface area contributed by atoms with Gasteiger partial charge in [-0.25, -0.2) is 14.6 Å². The van der Waals surface area contributed by atoms with Crippen LogP contribution in [0.15, 0.2) is 42.9 Å². The Bertz CT molecular complexity index is 1080. The van der Waals surface area contributed by atoms with Gasteiger partial charge in [-0.1, -0.05) is 17.3 Å². The summed E-state index contributed by atoms with van der Waals surface area (Å²) < 4.78 is 42.2. The molecule has 27 heavy (non-hydrogen) atoms. The van der Waals surface area contributed by atoms with Crippen LogP contribution < -0.4 is 4.74 Å². The van der Waals surface area contributed by atoms with Crippen molar-refractivity contribution in [3.63, 3.8) is 0 Å². The fourth-order valence-electron chi connectivity index (χ4n) is 2.76. The SMILES string of the molecule is Cc1c(-c2ncnc3[nH]ccc23)nnn1Cc1ccc(OC(F)(F)F)cc1. The molecule has 3 heterocycles. The monoisotopic (exact) mass is 374 g/mol. The lowest BCUT2D eigenvalue weighted by Gasteiger charge is -2.09. The first-order chi connectivity index (χ1) is 12.9. The summed E-state index contributed by atoms with van der Waals surface area (Å²) in [6, 6.07) is 7.50. The summed E-state index contributed by atoms with van der Waals surface area (Å²) >= 11 is 0. The van der Waals surface area contributed by atoms with Crippen LogP contribution in [-0.2, 0) is 6.54 Å². The van der Waals surface area contributed by atoms with E-state index < -0.39 is 6.36 Å². The number of hydrogen-bond acceptors (Lipinski definition) is 5. The second-order valence-corrected chi connectivity index (χ2v) is 5.84. The number of benzene rings is 1. The largest absolute Gasteiger partial charge is 0.573 e. The maximum atomic E-state index is 12.2. The number of aromatic amines is 1. The van der Waals surface area contributed by atoms with Crippen molar-refractivity contribution in [3.05, 3.63) is 54.1 Å². The second-order valence-electron chi connectivity index (χ2n) is 5.84. The first-order valence-electron chi connectivity index (χ1n) is 7.94. The van der Waals surface area contributed by atoms with Crippen molar-refractivity contribution in [2.45, 2.75) is 19.8 Å². The van der Waals surface area contributed by atoms with Gasteiger partial charge in [0.1, 0.15) is 29.1 Å². The summed E-state index contributed by atoms with van der Waals surface area (Å²) in [5, 5.41) is 9.19. The number of aromatic nitrogens is 6. The van der Waals surface area contributed by atoms with Crippen molar-refractivity contribution >= 4 is 11.0 Å². The van der Waals surface area contributed by atoms with E-state index in [2.05, 4.69) is 30.0 Å². The molecule has 4 aromatic rings. The molecule has 0 aliphatic heterocycles. The Morgan fingerprint density at radius 1 is 1.07 bits per heavy atom. The molecule has 0 spiro atoms. The molecular weight excluding hydrogens is 361 g/mol. The van der Waals surface area contributed by atoms with E-state index in [1.165, 1.54) is 18.5 Å². The minimum absolute atomic E-state index is 0.266. The van der Waals surface area contributed by atoms with Gasteiger partial charge in [0.05, 0.1) is 12.2 Å². The molecule has 138 valence electrons. The Balaban J connectivity index is 1.59. The van der Waals surface area contributed by atoms with E-state index in [9.17, 15) is 13.2 Å². The summed E-state index contributed by atoms with van der Waals surface area (Å²) in [5.74, 6) is -0.266. The molecule has 1 aromatic carbocycles. The van der Waals surface area contributed by atoms with Crippen molar-refractivity contribution in [3.8, 4) is 17.1 Å². The van der Waals surface area contributed by atoms with Gasteiger partial charge in [-0.2, -0.15) is 0 Å². The van der Waals surface area contributed by atoms with Crippen LogP contribution in [-0.4, -0.2) is 36.3 Å². The van der Waals surface area contributed by atoms with E-state index in [-0.39, 0.29) is 5.75 Å². The molecule has 10 heteroatoms. The molecule has 0 bridgehead atoms. The Labute approximate surface area is 150 Å². The molecule has 0 saturated heterocycles. The fraction of sp³-hybridized carbons (Fsp3) is 0.176. The molecule has 0 radical (unpaired) electrons. The first kappa shape index (κ1) is 17.0. The minimum atomic E-state index is -4.71. The van der Waals surface area contributed by atoms with Crippen LogP contribution in [0, 0.1) is 6.92 Å². The minimum Gasteiger partial charge on any atom is -0.406 e. The number of alkyl halides is 3. The van der Waals surface area contributed by atoms with E-state index in [1.54, 1.807) is 23.0 Å². The number of fused-ring (bicyclic) bond motifs is 1. The van der Waals surface area contributed by atoms with Crippen LogP contribution in [0.5, 0.6) is 5.75 Å². The third kappa shape index (κ3) is 3.46. The van der Waals surface area contributed by atoms with Crippen molar-refractivity contribution in [2.24, 2.45) is 0 Å². The van der Waals surface area contributed by atoms with Crippen molar-refractivity contribution in [2.75, 3.05) is 0 Å². The molecule has 4 rings (SSSR count). The van der Waals surface area contributed by atoms with Gasteiger partial charge in [0, 0.05) is 11.6 Å². The highest BCUT2D eigenvalue weighted by atomic mass is 19.4. The maximum Gasteiger partial charge on any atom is 0.573 e. The third-order valence-electron chi connectivity index (χ3n) is 4.05. The highest BCUT2D eigenvalue weighted by molar-refractivity contribution is 5.89. The summed E-state index contributed by atoms with van der Waals surface area (Å²) in [6.07, 6.45) is -1.49. The van der Waals surface area contributed by atoms with Gasteiger partial charge in [0.2, 0.25) is 0 Å². The number of ether oxygens (including phenoxy) is 1.